The highest BCUT2D eigenvalue weighted by atomic mass is 35.5. The van der Waals surface area contributed by atoms with E-state index in [2.05, 4.69) is 85.8 Å². The van der Waals surface area contributed by atoms with Gasteiger partial charge in [0.15, 0.2) is 0 Å². The number of rotatable bonds is 3. The average Bonchev–Trinajstić information content (AvgIpc) is 3.13. The van der Waals surface area contributed by atoms with Crippen molar-refractivity contribution >= 4 is 41.7 Å². The third-order valence-corrected chi connectivity index (χ3v) is 7.72. The summed E-state index contributed by atoms with van der Waals surface area (Å²) in [6.45, 7) is 4.01. The largest absolute Gasteiger partial charge is 0.507 e. The van der Waals surface area contributed by atoms with Crippen molar-refractivity contribution < 1.29 is 30.0 Å². The molecule has 0 unspecified atom stereocenters. The molecule has 4 N–H and O–H groups in total. The van der Waals surface area contributed by atoms with Crippen molar-refractivity contribution in [1.82, 2.24) is 4.90 Å². The van der Waals surface area contributed by atoms with Gasteiger partial charge in [-0.05, 0) is 85.5 Å². The van der Waals surface area contributed by atoms with Crippen molar-refractivity contribution in [3.8, 4) is 23.0 Å². The first-order chi connectivity index (χ1) is 20.5. The van der Waals surface area contributed by atoms with Gasteiger partial charge in [-0.3, -0.25) is 9.59 Å². The summed E-state index contributed by atoms with van der Waals surface area (Å²) in [5, 5.41) is 40.1. The predicted octanol–water partition coefficient (Wildman–Crippen LogP) is 6.88. The summed E-state index contributed by atoms with van der Waals surface area (Å²) in [6, 6.07) is 19.6. The normalized spacial score (nSPS) is 12.6. The number of benzene rings is 4. The van der Waals surface area contributed by atoms with Crippen LogP contribution >= 0.6 is 12.4 Å². The first kappa shape index (κ1) is 32.1. The Bertz CT molecular complexity index is 1730. The number of phenols is 4. The number of aryl methyl sites for hydroxylation is 2. The average molecular weight is 612 g/mol. The van der Waals surface area contributed by atoms with Gasteiger partial charge in [-0.25, -0.2) is 0 Å². The zero-order chi connectivity index (χ0) is 31.0. The second kappa shape index (κ2) is 12.8. The molecule has 2 aliphatic carbocycles. The van der Waals surface area contributed by atoms with Crippen LogP contribution in [0.15, 0.2) is 66.7 Å². The molecule has 0 spiro atoms. The Labute approximate surface area is 262 Å². The van der Waals surface area contributed by atoms with Gasteiger partial charge in [-0.2, -0.15) is 0 Å². The lowest BCUT2D eigenvalue weighted by Crippen LogP contribution is -2.22. The molecule has 8 heteroatoms. The Morgan fingerprint density at radius 2 is 1.07 bits per heavy atom. The van der Waals surface area contributed by atoms with E-state index in [1.54, 1.807) is 0 Å². The van der Waals surface area contributed by atoms with Crippen LogP contribution in [0.1, 0.15) is 71.6 Å². The Morgan fingerprint density at radius 1 is 0.659 bits per heavy atom. The predicted molar refractivity (Wildman–Crippen MR) is 175 cm³/mol. The molecule has 0 saturated heterocycles. The van der Waals surface area contributed by atoms with Gasteiger partial charge in [0.25, 0.3) is 0 Å². The van der Waals surface area contributed by atoms with Crippen molar-refractivity contribution in [2.75, 3.05) is 20.6 Å². The fourth-order valence-corrected chi connectivity index (χ4v) is 5.52. The van der Waals surface area contributed by atoms with Crippen molar-refractivity contribution in [2.45, 2.75) is 20.3 Å². The molecule has 2 aliphatic rings. The zero-order valence-corrected chi connectivity index (χ0v) is 25.7. The highest BCUT2D eigenvalue weighted by Gasteiger charge is 2.39. The van der Waals surface area contributed by atoms with Gasteiger partial charge in [-0.15, -0.1) is 12.4 Å². The molecular formula is C36H34ClNO6. The standard InChI is InChI=1S/C20H21N.C16H12O6.ClH/c1-21(2)15-7-12-20-18-10-5-3-8-16(18)13-14-17-9-4-6-11-19(17)20;1-5-3-7(17)9-11(13(5)19)15(21)10-8(18)4-6(2)14(20)12(10)16(9)22;/h3-6,8-14H,7,15H2,1-2H3;3-4,17-20H,1-2H3;1H. The summed E-state index contributed by atoms with van der Waals surface area (Å²) in [7, 11) is 4.24. The van der Waals surface area contributed by atoms with Gasteiger partial charge in [0.2, 0.25) is 11.6 Å². The fourth-order valence-electron chi connectivity index (χ4n) is 5.52. The molecule has 0 bridgehead atoms. The number of hydrogen-bond donors (Lipinski definition) is 4. The molecule has 4 aromatic carbocycles. The summed E-state index contributed by atoms with van der Waals surface area (Å²) in [5.41, 5.74) is 5.56. The molecular weight excluding hydrogens is 578 g/mol. The molecule has 0 fully saturated rings. The minimum atomic E-state index is -0.825. The molecule has 0 aliphatic heterocycles. The Hall–Kier alpha value is -4.85. The second-order valence-corrected chi connectivity index (χ2v) is 11.0. The van der Waals surface area contributed by atoms with Crippen molar-refractivity contribution in [3.63, 3.8) is 0 Å². The van der Waals surface area contributed by atoms with Gasteiger partial charge in [0, 0.05) is 6.54 Å². The highest BCUT2D eigenvalue weighted by Crippen LogP contribution is 2.45. The number of nitrogens with zero attached hydrogens (tertiary/aromatic N) is 1. The van der Waals surface area contributed by atoms with Crippen molar-refractivity contribution in [2.24, 2.45) is 0 Å². The summed E-state index contributed by atoms with van der Waals surface area (Å²) < 4.78 is 0. The van der Waals surface area contributed by atoms with Crippen LogP contribution in [-0.4, -0.2) is 57.5 Å². The first-order valence-corrected chi connectivity index (χ1v) is 13.9. The topological polar surface area (TPSA) is 118 Å². The quantitative estimate of drug-likeness (QED) is 0.161. The Morgan fingerprint density at radius 3 is 1.48 bits per heavy atom. The minimum Gasteiger partial charge on any atom is -0.507 e. The number of halogens is 1. The van der Waals surface area contributed by atoms with Crippen LogP contribution < -0.4 is 0 Å². The lowest BCUT2D eigenvalue weighted by Gasteiger charge is -2.22. The molecule has 0 saturated carbocycles. The van der Waals surface area contributed by atoms with E-state index in [4.69, 9.17) is 0 Å². The van der Waals surface area contributed by atoms with Crippen LogP contribution in [0.5, 0.6) is 23.0 Å². The molecule has 226 valence electrons. The molecule has 0 atom stereocenters. The van der Waals surface area contributed by atoms with Crippen LogP contribution in [-0.2, 0) is 0 Å². The second-order valence-electron chi connectivity index (χ2n) is 11.0. The van der Waals surface area contributed by atoms with Crippen LogP contribution in [0.2, 0.25) is 0 Å². The third kappa shape index (κ3) is 5.72. The molecule has 0 amide bonds. The number of carbonyl (C=O) groups excluding carboxylic acids is 2. The summed E-state index contributed by atoms with van der Waals surface area (Å²) >= 11 is 0. The number of ketones is 2. The minimum absolute atomic E-state index is 0. The Balaban J connectivity index is 0.000000197. The maximum Gasteiger partial charge on any atom is 0.202 e. The zero-order valence-electron chi connectivity index (χ0n) is 24.9. The van der Waals surface area contributed by atoms with E-state index in [1.165, 1.54) is 41.7 Å². The highest BCUT2D eigenvalue weighted by molar-refractivity contribution is 6.32. The van der Waals surface area contributed by atoms with Gasteiger partial charge in [0.1, 0.15) is 23.0 Å². The molecule has 0 heterocycles. The van der Waals surface area contributed by atoms with Crippen molar-refractivity contribution in [1.29, 1.82) is 0 Å². The third-order valence-electron chi connectivity index (χ3n) is 7.72. The molecule has 0 radical (unpaired) electrons. The van der Waals surface area contributed by atoms with Gasteiger partial charge >= 0.3 is 0 Å². The number of carbonyl (C=O) groups is 2. The van der Waals surface area contributed by atoms with Crippen LogP contribution in [0, 0.1) is 13.8 Å². The fraction of sp³-hybridized carbons (Fsp3) is 0.167. The van der Waals surface area contributed by atoms with Crippen LogP contribution in [0.3, 0.4) is 0 Å². The van der Waals surface area contributed by atoms with Crippen molar-refractivity contribution in [3.05, 3.63) is 122 Å². The van der Waals surface area contributed by atoms with E-state index in [-0.39, 0.29) is 45.8 Å². The van der Waals surface area contributed by atoms with E-state index in [1.807, 2.05) is 0 Å². The van der Waals surface area contributed by atoms with E-state index in [0.717, 1.165) is 25.1 Å². The van der Waals surface area contributed by atoms with E-state index in [0.29, 0.717) is 0 Å². The Kier molecular flexibility index (Phi) is 9.33. The molecule has 7 nitrogen and oxygen atoms in total. The monoisotopic (exact) mass is 611 g/mol. The SMILES string of the molecule is CN(C)CCC=C1c2ccccc2C=Cc2ccccc21.Cc1cc(O)c2c(c1O)C(=O)c1c(O)cc(C)c(O)c1C2=O.Cl. The maximum atomic E-state index is 12.6. The van der Waals surface area contributed by atoms with Crippen LogP contribution in [0.25, 0.3) is 17.7 Å². The number of fused-ring (bicyclic) bond motifs is 4. The summed E-state index contributed by atoms with van der Waals surface area (Å²) in [5.74, 6) is -3.44. The molecule has 44 heavy (non-hydrogen) atoms. The summed E-state index contributed by atoms with van der Waals surface area (Å²) in [6.07, 6.45) is 7.89. The van der Waals surface area contributed by atoms with Gasteiger partial charge in [-0.1, -0.05) is 66.8 Å². The number of phenolic OH excluding ortho intramolecular Hbond substituents is 4. The molecule has 4 aromatic rings. The van der Waals surface area contributed by atoms with Gasteiger partial charge < -0.3 is 25.3 Å². The molecule has 6 rings (SSSR count). The van der Waals surface area contributed by atoms with E-state index in [9.17, 15) is 30.0 Å². The van der Waals surface area contributed by atoms with Crippen LogP contribution in [0.4, 0.5) is 0 Å². The number of hydrogen-bond acceptors (Lipinski definition) is 7. The smallest absolute Gasteiger partial charge is 0.202 e. The lowest BCUT2D eigenvalue weighted by atomic mass is 9.80. The molecule has 0 aromatic heterocycles. The van der Waals surface area contributed by atoms with E-state index >= 15 is 0 Å². The number of aromatic hydroxyl groups is 4. The van der Waals surface area contributed by atoms with E-state index < -0.39 is 34.6 Å². The lowest BCUT2D eigenvalue weighted by molar-refractivity contribution is 0.0969. The maximum absolute atomic E-state index is 12.6. The van der Waals surface area contributed by atoms with Gasteiger partial charge in [0.05, 0.1) is 22.3 Å². The summed E-state index contributed by atoms with van der Waals surface area (Å²) in [4.78, 5) is 27.4. The first-order valence-electron chi connectivity index (χ1n) is 13.9.